The van der Waals surface area contributed by atoms with Crippen molar-refractivity contribution in [1.29, 1.82) is 0 Å². The molecule has 0 saturated heterocycles. The van der Waals surface area contributed by atoms with Crippen LogP contribution in [0.15, 0.2) is 23.1 Å². The molecule has 1 saturated carbocycles. The summed E-state index contributed by atoms with van der Waals surface area (Å²) in [6, 6.07) is 3.33. The van der Waals surface area contributed by atoms with Crippen LogP contribution in [0.3, 0.4) is 0 Å². The number of nitrogens with two attached hydrogens (primary N) is 1. The molecule has 1 aromatic rings. The lowest BCUT2D eigenvalue weighted by Gasteiger charge is -2.08. The van der Waals surface area contributed by atoms with Crippen LogP contribution in [0.5, 0.6) is 0 Å². The van der Waals surface area contributed by atoms with Gasteiger partial charge in [0.1, 0.15) is 4.90 Å². The largest absolute Gasteiger partial charge is 0.397 e. The van der Waals surface area contributed by atoms with E-state index in [0.717, 1.165) is 31.4 Å². The zero-order chi connectivity index (χ0) is 14.9. The highest BCUT2D eigenvalue weighted by Crippen LogP contribution is 2.36. The van der Waals surface area contributed by atoms with Gasteiger partial charge in [-0.05, 0) is 24.8 Å². The van der Waals surface area contributed by atoms with Crippen LogP contribution >= 0.6 is 0 Å². The number of hydrogen-bond donors (Lipinski definition) is 2. The molecule has 2 rings (SSSR count). The van der Waals surface area contributed by atoms with Crippen LogP contribution in [0.25, 0.3) is 0 Å². The molecule has 0 spiro atoms. The molecule has 1 aliphatic rings. The van der Waals surface area contributed by atoms with Gasteiger partial charge in [0.15, 0.2) is 0 Å². The topological polar surface area (TPSA) is 115 Å². The third-order valence-electron chi connectivity index (χ3n) is 3.38. The number of nitrogens with zero attached hydrogens (tertiary/aromatic N) is 1. The van der Waals surface area contributed by atoms with Crippen molar-refractivity contribution < 1.29 is 13.3 Å². The first-order valence-electron chi connectivity index (χ1n) is 6.41. The van der Waals surface area contributed by atoms with E-state index in [9.17, 15) is 18.5 Å². The summed E-state index contributed by atoms with van der Waals surface area (Å²) in [6.07, 6.45) is 2.84. The minimum atomic E-state index is -3.72. The Balaban J connectivity index is 2.16. The van der Waals surface area contributed by atoms with E-state index in [1.54, 1.807) is 0 Å². The maximum atomic E-state index is 12.2. The molecule has 7 nitrogen and oxygen atoms in total. The number of rotatable bonds is 6. The third-order valence-corrected chi connectivity index (χ3v) is 4.95. The lowest BCUT2D eigenvalue weighted by Crippen LogP contribution is -2.27. The van der Waals surface area contributed by atoms with Gasteiger partial charge in [-0.15, -0.1) is 0 Å². The molecule has 0 amide bonds. The van der Waals surface area contributed by atoms with E-state index in [-0.39, 0.29) is 22.3 Å². The number of anilines is 1. The summed E-state index contributed by atoms with van der Waals surface area (Å²) in [5, 5.41) is 10.6. The second-order valence-electron chi connectivity index (χ2n) is 4.99. The number of sulfonamides is 1. The predicted octanol–water partition coefficient (Wildman–Crippen LogP) is 1.64. The summed E-state index contributed by atoms with van der Waals surface area (Å²) in [6.45, 7) is 2.05. The van der Waals surface area contributed by atoms with E-state index in [2.05, 4.69) is 11.6 Å². The number of nitro groups is 1. The van der Waals surface area contributed by atoms with Crippen molar-refractivity contribution in [3.05, 3.63) is 28.3 Å². The number of non-ortho nitro benzene ring substituents is 1. The van der Waals surface area contributed by atoms with E-state index in [1.165, 1.54) is 6.07 Å². The highest BCUT2D eigenvalue weighted by Gasteiger charge is 2.39. The first kappa shape index (κ1) is 14.7. The zero-order valence-corrected chi connectivity index (χ0v) is 11.9. The van der Waals surface area contributed by atoms with Crippen LogP contribution in [0.4, 0.5) is 11.4 Å². The Kier molecular flexibility index (Phi) is 3.96. The van der Waals surface area contributed by atoms with Gasteiger partial charge in [-0.1, -0.05) is 13.3 Å². The van der Waals surface area contributed by atoms with E-state index in [0.29, 0.717) is 5.92 Å². The Bertz CT molecular complexity index is 630. The van der Waals surface area contributed by atoms with Crippen LogP contribution in [0, 0.1) is 16.0 Å². The normalized spacial score (nSPS) is 21.6. The molecular formula is C12H17N3O4S. The molecule has 110 valence electrons. The van der Waals surface area contributed by atoms with Gasteiger partial charge in [0, 0.05) is 18.2 Å². The SMILES string of the molecule is CCCC1CC1NS(=O)(=O)c1ccc([N+](=O)[O-])cc1N. The number of nitrogen functional groups attached to an aromatic ring is 1. The molecule has 2 unspecified atom stereocenters. The fourth-order valence-electron chi connectivity index (χ4n) is 2.24. The average molecular weight is 299 g/mol. The van der Waals surface area contributed by atoms with E-state index in [4.69, 9.17) is 5.73 Å². The Morgan fingerprint density at radius 3 is 2.75 bits per heavy atom. The third kappa shape index (κ3) is 3.07. The summed E-state index contributed by atoms with van der Waals surface area (Å²) in [5.74, 6) is 0.383. The molecule has 1 fully saturated rings. The summed E-state index contributed by atoms with van der Waals surface area (Å²) in [4.78, 5) is 9.88. The van der Waals surface area contributed by atoms with Crippen molar-refractivity contribution in [3.63, 3.8) is 0 Å². The smallest absolute Gasteiger partial charge is 0.271 e. The van der Waals surface area contributed by atoms with E-state index < -0.39 is 14.9 Å². The number of hydrogen-bond acceptors (Lipinski definition) is 5. The van der Waals surface area contributed by atoms with E-state index in [1.807, 2.05) is 0 Å². The van der Waals surface area contributed by atoms with Crippen molar-refractivity contribution in [2.24, 2.45) is 5.92 Å². The summed E-state index contributed by atoms with van der Waals surface area (Å²) in [7, 11) is -3.72. The van der Waals surface area contributed by atoms with Gasteiger partial charge < -0.3 is 5.73 Å². The first-order chi connectivity index (χ1) is 9.35. The molecule has 2 atom stereocenters. The molecule has 8 heteroatoms. The van der Waals surface area contributed by atoms with Crippen LogP contribution < -0.4 is 10.5 Å². The Morgan fingerprint density at radius 1 is 1.50 bits per heavy atom. The fourth-order valence-corrected chi connectivity index (χ4v) is 3.67. The number of nitro benzene ring substituents is 1. The lowest BCUT2D eigenvalue weighted by atomic mass is 10.2. The van der Waals surface area contributed by atoms with Gasteiger partial charge >= 0.3 is 0 Å². The van der Waals surface area contributed by atoms with Crippen LogP contribution in [-0.2, 0) is 10.0 Å². The second kappa shape index (κ2) is 5.37. The number of nitrogens with one attached hydrogen (secondary N) is 1. The van der Waals surface area contributed by atoms with Gasteiger partial charge in [-0.2, -0.15) is 0 Å². The van der Waals surface area contributed by atoms with Crippen molar-refractivity contribution in [2.45, 2.75) is 37.1 Å². The van der Waals surface area contributed by atoms with E-state index >= 15 is 0 Å². The van der Waals surface area contributed by atoms with Crippen molar-refractivity contribution >= 4 is 21.4 Å². The van der Waals surface area contributed by atoms with Gasteiger partial charge in [0.2, 0.25) is 10.0 Å². The monoisotopic (exact) mass is 299 g/mol. The minimum Gasteiger partial charge on any atom is -0.397 e. The molecule has 0 bridgehead atoms. The molecule has 0 aromatic heterocycles. The van der Waals surface area contributed by atoms with Gasteiger partial charge in [-0.25, -0.2) is 13.1 Å². The van der Waals surface area contributed by atoms with Gasteiger partial charge in [0.05, 0.1) is 10.6 Å². The van der Waals surface area contributed by atoms with Gasteiger partial charge in [0.25, 0.3) is 5.69 Å². The summed E-state index contributed by atoms with van der Waals surface area (Å²) >= 11 is 0. The Morgan fingerprint density at radius 2 is 2.20 bits per heavy atom. The molecule has 1 aliphatic carbocycles. The summed E-state index contributed by atoms with van der Waals surface area (Å²) < 4.78 is 26.9. The van der Waals surface area contributed by atoms with Crippen LogP contribution in [-0.4, -0.2) is 19.4 Å². The number of benzene rings is 1. The maximum absolute atomic E-state index is 12.2. The molecule has 0 heterocycles. The lowest BCUT2D eigenvalue weighted by molar-refractivity contribution is -0.384. The molecule has 20 heavy (non-hydrogen) atoms. The molecular weight excluding hydrogens is 282 g/mol. The van der Waals surface area contributed by atoms with Crippen molar-refractivity contribution in [1.82, 2.24) is 4.72 Å². The molecule has 1 aromatic carbocycles. The highest BCUT2D eigenvalue weighted by atomic mass is 32.2. The average Bonchev–Trinajstić information content (AvgIpc) is 3.06. The van der Waals surface area contributed by atoms with Crippen molar-refractivity contribution in [3.8, 4) is 0 Å². The summed E-state index contributed by atoms with van der Waals surface area (Å²) in [5.41, 5.74) is 5.27. The Labute approximate surface area is 117 Å². The fraction of sp³-hybridized carbons (Fsp3) is 0.500. The standard InChI is InChI=1S/C12H17N3O4S/c1-2-3-8-6-11(8)14-20(18,19)12-5-4-9(15(16)17)7-10(12)13/h4-5,7-8,11,14H,2-3,6,13H2,1H3. The Hall–Kier alpha value is -1.67. The van der Waals surface area contributed by atoms with Crippen molar-refractivity contribution in [2.75, 3.05) is 5.73 Å². The van der Waals surface area contributed by atoms with Crippen LogP contribution in [0.1, 0.15) is 26.2 Å². The zero-order valence-electron chi connectivity index (χ0n) is 11.1. The quantitative estimate of drug-likeness (QED) is 0.470. The van der Waals surface area contributed by atoms with Crippen LogP contribution in [0.2, 0.25) is 0 Å². The predicted molar refractivity (Wildman–Crippen MR) is 74.6 cm³/mol. The first-order valence-corrected chi connectivity index (χ1v) is 7.89. The minimum absolute atomic E-state index is 0.0467. The molecule has 0 aliphatic heterocycles. The maximum Gasteiger partial charge on any atom is 0.271 e. The van der Waals surface area contributed by atoms with Gasteiger partial charge in [-0.3, -0.25) is 10.1 Å². The molecule has 3 N–H and O–H groups in total. The highest BCUT2D eigenvalue weighted by molar-refractivity contribution is 7.89. The molecule has 0 radical (unpaired) electrons. The second-order valence-corrected chi connectivity index (χ2v) is 6.67.